The van der Waals surface area contributed by atoms with Crippen LogP contribution in [0.3, 0.4) is 0 Å². The summed E-state index contributed by atoms with van der Waals surface area (Å²) in [5.74, 6) is 0. The van der Waals surface area contributed by atoms with E-state index in [1.165, 1.54) is 0 Å². The first-order chi connectivity index (χ1) is 6.70. The molecule has 2 nitrogen and oxygen atoms in total. The molecule has 1 N–H and O–H groups in total. The van der Waals surface area contributed by atoms with Gasteiger partial charge in [-0.1, -0.05) is 48.3 Å². The molecule has 0 fully saturated rings. The summed E-state index contributed by atoms with van der Waals surface area (Å²) in [4.78, 5) is 11.5. The molecule has 14 heavy (non-hydrogen) atoms. The largest absolute Gasteiger partial charge is 0.323 e. The van der Waals surface area contributed by atoms with Crippen LogP contribution in [0.4, 0.5) is 0 Å². The Hall–Kier alpha value is -0.310. The molecule has 0 aliphatic carbocycles. The van der Waals surface area contributed by atoms with Crippen molar-refractivity contribution in [3.05, 3.63) is 30.3 Å². The van der Waals surface area contributed by atoms with E-state index in [0.29, 0.717) is 6.41 Å². The van der Waals surface area contributed by atoms with Crippen molar-refractivity contribution < 1.29 is 4.79 Å². The molecule has 0 saturated heterocycles. The lowest BCUT2D eigenvalue weighted by molar-refractivity contribution is -0.108. The van der Waals surface area contributed by atoms with E-state index in [-0.39, 0.29) is 0 Å². The average molecular weight is 245 g/mol. The van der Waals surface area contributed by atoms with Crippen molar-refractivity contribution in [3.8, 4) is 0 Å². The number of amides is 1. The van der Waals surface area contributed by atoms with Gasteiger partial charge in [-0.2, -0.15) is 0 Å². The molecule has 76 valence electrons. The first-order valence-electron chi connectivity index (χ1n) is 4.25. The van der Waals surface area contributed by atoms with Crippen molar-refractivity contribution in [3.63, 3.8) is 0 Å². The van der Waals surface area contributed by atoms with Crippen molar-refractivity contribution in [2.45, 2.75) is 11.8 Å². The highest BCUT2D eigenvalue weighted by Crippen LogP contribution is 2.57. The fourth-order valence-corrected chi connectivity index (χ4v) is 5.02. The summed E-state index contributed by atoms with van der Waals surface area (Å²) in [7, 11) is 0. The van der Waals surface area contributed by atoms with Crippen LogP contribution in [0, 0.1) is 0 Å². The summed E-state index contributed by atoms with van der Waals surface area (Å²) < 4.78 is 0. The normalized spacial score (nSPS) is 14.4. The van der Waals surface area contributed by atoms with E-state index in [2.05, 4.69) is 5.09 Å². The number of rotatable bonds is 5. The molecule has 0 bridgehead atoms. The zero-order chi connectivity index (χ0) is 10.4. The van der Waals surface area contributed by atoms with Gasteiger partial charge in [-0.15, -0.1) is 0 Å². The molecule has 1 aromatic rings. The number of hydrogen-bond donors (Lipinski definition) is 1. The molecule has 0 saturated carbocycles. The van der Waals surface area contributed by atoms with E-state index in [4.69, 9.17) is 11.8 Å². The van der Waals surface area contributed by atoms with Crippen LogP contribution < -0.4 is 5.09 Å². The molecular weight excluding hydrogens is 233 g/mol. The van der Waals surface area contributed by atoms with Crippen molar-refractivity contribution in [2.24, 2.45) is 0 Å². The fourth-order valence-electron chi connectivity index (χ4n) is 0.914. The lowest BCUT2D eigenvalue weighted by Crippen LogP contribution is -2.05. The molecule has 5 heteroatoms. The van der Waals surface area contributed by atoms with Crippen LogP contribution in [0.15, 0.2) is 35.2 Å². The van der Waals surface area contributed by atoms with Crippen LogP contribution in [0.5, 0.6) is 0 Å². The molecule has 1 unspecified atom stereocenters. The van der Waals surface area contributed by atoms with Crippen LogP contribution in [0.1, 0.15) is 6.92 Å². The molecule has 0 aliphatic heterocycles. The third-order valence-electron chi connectivity index (χ3n) is 1.66. The standard InChI is InChI=1S/C9H12NOPS2/c1-2-12(13,10-8-11)14-9-6-4-3-5-7-9/h3-8H,2H2,1H3,(H,10,11,13). The maximum atomic E-state index is 10.4. The minimum absolute atomic E-state index is 0.709. The topological polar surface area (TPSA) is 29.1 Å². The van der Waals surface area contributed by atoms with Gasteiger partial charge in [0.15, 0.2) is 0 Å². The smallest absolute Gasteiger partial charge is 0.211 e. The van der Waals surface area contributed by atoms with Gasteiger partial charge in [0, 0.05) is 11.1 Å². The van der Waals surface area contributed by atoms with E-state index in [9.17, 15) is 4.79 Å². The Morgan fingerprint density at radius 3 is 2.64 bits per heavy atom. The number of carbonyl (C=O) groups excluding carboxylic acids is 1. The average Bonchev–Trinajstić information content (AvgIpc) is 2.20. The summed E-state index contributed by atoms with van der Waals surface area (Å²) in [6, 6.07) is 9.92. The summed E-state index contributed by atoms with van der Waals surface area (Å²) >= 11 is 7.02. The Bertz CT molecular complexity index is 342. The van der Waals surface area contributed by atoms with Crippen LogP contribution in [-0.2, 0) is 16.6 Å². The molecule has 0 heterocycles. The molecule has 0 radical (unpaired) electrons. The van der Waals surface area contributed by atoms with Gasteiger partial charge in [0.1, 0.15) is 0 Å². The van der Waals surface area contributed by atoms with Crippen molar-refractivity contribution in [2.75, 3.05) is 6.16 Å². The predicted molar refractivity (Wildman–Crippen MR) is 66.3 cm³/mol. The van der Waals surface area contributed by atoms with Crippen LogP contribution in [0.25, 0.3) is 0 Å². The summed E-state index contributed by atoms with van der Waals surface area (Å²) in [6.45, 7) is 2.01. The Kier molecular flexibility index (Phi) is 4.66. The highest BCUT2D eigenvalue weighted by atomic mass is 32.9. The first kappa shape index (κ1) is 11.8. The maximum Gasteiger partial charge on any atom is 0.211 e. The van der Waals surface area contributed by atoms with E-state index < -0.39 is 5.39 Å². The molecule has 0 spiro atoms. The highest BCUT2D eigenvalue weighted by molar-refractivity contribution is 8.70. The predicted octanol–water partition coefficient (Wildman–Crippen LogP) is 2.85. The second-order valence-electron chi connectivity index (χ2n) is 2.64. The lowest BCUT2D eigenvalue weighted by atomic mass is 10.4. The van der Waals surface area contributed by atoms with E-state index >= 15 is 0 Å². The van der Waals surface area contributed by atoms with E-state index in [1.807, 2.05) is 37.3 Å². The van der Waals surface area contributed by atoms with Gasteiger partial charge in [-0.25, -0.2) is 0 Å². The fraction of sp³-hybridized carbons (Fsp3) is 0.222. The summed E-state index contributed by atoms with van der Waals surface area (Å²) in [5.41, 5.74) is 0. The Balaban J connectivity index is 2.75. The van der Waals surface area contributed by atoms with Gasteiger partial charge < -0.3 is 5.09 Å². The second kappa shape index (κ2) is 5.54. The number of carbonyl (C=O) groups is 1. The minimum atomic E-state index is -1.79. The van der Waals surface area contributed by atoms with Crippen LogP contribution in [0.2, 0.25) is 0 Å². The van der Waals surface area contributed by atoms with Gasteiger partial charge in [0.05, 0.1) is 5.39 Å². The zero-order valence-corrected chi connectivity index (χ0v) is 10.4. The number of hydrogen-bond acceptors (Lipinski definition) is 3. The van der Waals surface area contributed by atoms with E-state index in [1.54, 1.807) is 11.4 Å². The third kappa shape index (κ3) is 3.45. The highest BCUT2D eigenvalue weighted by Gasteiger charge is 2.14. The Morgan fingerprint density at radius 1 is 1.50 bits per heavy atom. The molecular formula is C9H12NOPS2. The van der Waals surface area contributed by atoms with Crippen LogP contribution in [-0.4, -0.2) is 12.6 Å². The zero-order valence-electron chi connectivity index (χ0n) is 7.84. The number of nitrogens with one attached hydrogen (secondary N) is 1. The molecule has 1 rings (SSSR count). The van der Waals surface area contributed by atoms with Gasteiger partial charge in [0.25, 0.3) is 0 Å². The molecule has 1 atom stereocenters. The van der Waals surface area contributed by atoms with Crippen molar-refractivity contribution >= 4 is 35.0 Å². The number of benzene rings is 1. The first-order valence-corrected chi connectivity index (χ1v) is 8.66. The molecule has 1 amide bonds. The maximum absolute atomic E-state index is 10.4. The molecule has 0 aromatic heterocycles. The Morgan fingerprint density at radius 2 is 2.14 bits per heavy atom. The lowest BCUT2D eigenvalue weighted by Gasteiger charge is -2.17. The SMILES string of the molecule is CCP(=S)(NC=O)Sc1ccccc1. The Labute approximate surface area is 93.3 Å². The molecule has 1 aromatic carbocycles. The molecule has 0 aliphatic rings. The monoisotopic (exact) mass is 245 g/mol. The van der Waals surface area contributed by atoms with E-state index in [0.717, 1.165) is 11.1 Å². The van der Waals surface area contributed by atoms with Crippen molar-refractivity contribution in [1.82, 2.24) is 5.09 Å². The van der Waals surface area contributed by atoms with Gasteiger partial charge in [0.2, 0.25) is 6.41 Å². The summed E-state index contributed by atoms with van der Waals surface area (Å²) in [6.07, 6.45) is 1.53. The second-order valence-corrected chi connectivity index (χ2v) is 10.5. The third-order valence-corrected chi connectivity index (χ3v) is 8.14. The van der Waals surface area contributed by atoms with Gasteiger partial charge in [-0.3, -0.25) is 4.79 Å². The summed E-state index contributed by atoms with van der Waals surface area (Å²) in [5, 5.41) is 0.975. The van der Waals surface area contributed by atoms with Gasteiger partial charge >= 0.3 is 0 Å². The van der Waals surface area contributed by atoms with Crippen LogP contribution >= 0.6 is 16.8 Å². The quantitative estimate of drug-likeness (QED) is 0.639. The minimum Gasteiger partial charge on any atom is -0.323 e. The van der Waals surface area contributed by atoms with Crippen molar-refractivity contribution in [1.29, 1.82) is 0 Å². The van der Waals surface area contributed by atoms with Gasteiger partial charge in [-0.05, 0) is 12.1 Å².